The first-order valence-corrected chi connectivity index (χ1v) is 25.7. The van der Waals surface area contributed by atoms with Gasteiger partial charge in [0.25, 0.3) is 5.91 Å². The summed E-state index contributed by atoms with van der Waals surface area (Å²) in [5, 5.41) is 8.70. The zero-order valence-corrected chi connectivity index (χ0v) is 39.7. The van der Waals surface area contributed by atoms with Crippen molar-refractivity contribution in [2.45, 2.75) is 158 Å². The van der Waals surface area contributed by atoms with Crippen molar-refractivity contribution in [3.05, 3.63) is 54.6 Å². The second-order valence-corrected chi connectivity index (χ2v) is 22.1. The highest BCUT2D eigenvalue weighted by Crippen LogP contribution is 2.46. The van der Waals surface area contributed by atoms with Crippen LogP contribution >= 0.6 is 0 Å². The van der Waals surface area contributed by atoms with E-state index in [9.17, 15) is 27.6 Å². The number of nitrogens with one attached hydrogen (secondary N) is 4. The van der Waals surface area contributed by atoms with E-state index in [4.69, 9.17) is 23.9 Å². The normalized spacial score (nSPS) is 28.6. The first kappa shape index (κ1) is 48.1. The largest absolute Gasteiger partial charge is 0.492 e. The fraction of sp³-hybridized carbons (Fsp3) is 0.633. The lowest BCUT2D eigenvalue weighted by atomic mass is 9.96. The van der Waals surface area contributed by atoms with E-state index >= 15 is 4.79 Å². The number of allylic oxidation sites excluding steroid dienone is 2. The number of amides is 5. The highest BCUT2D eigenvalue weighted by molar-refractivity contribution is 7.91. The average molecular weight is 947 g/mol. The first-order valence-electron chi connectivity index (χ1n) is 24.2. The van der Waals surface area contributed by atoms with Crippen LogP contribution in [0, 0.1) is 17.8 Å². The molecule has 67 heavy (non-hydrogen) atoms. The maximum atomic E-state index is 15.1. The van der Waals surface area contributed by atoms with Gasteiger partial charge in [-0.25, -0.2) is 23.0 Å². The Morgan fingerprint density at radius 3 is 2.49 bits per heavy atom. The fourth-order valence-electron chi connectivity index (χ4n) is 10.2. The first-order chi connectivity index (χ1) is 32.0. The molecule has 4 saturated carbocycles. The smallest absolute Gasteiger partial charge is 0.408 e. The lowest BCUT2D eigenvalue weighted by Gasteiger charge is -2.32. The van der Waals surface area contributed by atoms with Gasteiger partial charge < -0.3 is 39.8 Å². The van der Waals surface area contributed by atoms with E-state index in [2.05, 4.69) is 33.3 Å². The zero-order chi connectivity index (χ0) is 47.5. The van der Waals surface area contributed by atoms with Crippen molar-refractivity contribution in [1.29, 1.82) is 0 Å². The zero-order valence-electron chi connectivity index (χ0n) is 38.9. The third-order valence-electron chi connectivity index (χ3n) is 14.0. The van der Waals surface area contributed by atoms with Crippen LogP contribution in [0.25, 0.3) is 10.9 Å². The Morgan fingerprint density at radius 1 is 1.00 bits per heavy atom. The Kier molecular flexibility index (Phi) is 14.4. The minimum absolute atomic E-state index is 0.00367. The molecule has 4 aliphatic carbocycles. The lowest BCUT2D eigenvalue weighted by Crippen LogP contribution is -2.59. The summed E-state index contributed by atoms with van der Waals surface area (Å²) < 4.78 is 52.9. The van der Waals surface area contributed by atoms with Crippen LogP contribution in [0.5, 0.6) is 11.6 Å². The molecule has 17 nitrogen and oxygen atoms in total. The van der Waals surface area contributed by atoms with Gasteiger partial charge in [0.1, 0.15) is 41.2 Å². The van der Waals surface area contributed by atoms with Crippen molar-refractivity contribution < 1.29 is 51.3 Å². The van der Waals surface area contributed by atoms with Crippen LogP contribution in [0.3, 0.4) is 0 Å². The van der Waals surface area contributed by atoms with Gasteiger partial charge in [-0.15, -0.1) is 6.58 Å². The number of carbonyl (C=O) groups excluding carboxylic acids is 5. The number of rotatable bonds is 12. The standard InChI is InChI=1S/C49H66N6O11S/c1-5-32-28-49(32,45(58)54-67(61,62)34-23-24-34)53-42(56)38-27-33-29-55(38)44(57)40(31-16-9-10-17-31)52-47(60)65-39-22-13-18-30(39)15-7-6-8-20-36-41(35-19-11-12-21-37(35)51-43(36)64-33)63-26-14-25-50-46(59)66-48(2,3)4/h5-6,8,11-12,19,21,30-34,38-40H,1,7,9-10,13-18,20,22-29H2,2-4H3,(H,50,59)(H,52,60)(H,53,56)(H,54,58)/b8-6+/t30-,32?,33-,38+,39-,40+,49-/m1/s1. The molecule has 2 bridgehead atoms. The summed E-state index contributed by atoms with van der Waals surface area (Å²) in [7, 11) is -3.94. The Labute approximate surface area is 392 Å². The number of sulfonamides is 1. The topological polar surface area (TPSA) is 221 Å². The number of benzene rings is 1. The van der Waals surface area contributed by atoms with Crippen LogP contribution in [0.2, 0.25) is 0 Å². The minimum Gasteiger partial charge on any atom is -0.492 e. The number of pyridine rings is 1. The van der Waals surface area contributed by atoms with Crippen molar-refractivity contribution in [3.8, 4) is 11.6 Å². The molecule has 0 spiro atoms. The summed E-state index contributed by atoms with van der Waals surface area (Å²) in [6, 6.07) is 5.38. The molecule has 4 N–H and O–H groups in total. The molecule has 0 radical (unpaired) electrons. The third-order valence-corrected chi connectivity index (χ3v) is 15.8. The van der Waals surface area contributed by atoms with E-state index in [1.54, 1.807) is 20.8 Å². The van der Waals surface area contributed by atoms with Crippen LogP contribution in [-0.4, -0.2) is 109 Å². The predicted molar refractivity (Wildman–Crippen MR) is 248 cm³/mol. The number of hydrogen-bond acceptors (Lipinski definition) is 12. The number of ether oxygens (including phenoxy) is 4. The van der Waals surface area contributed by atoms with Gasteiger partial charge in [0.05, 0.1) is 29.5 Å². The number of alkyl carbamates (subject to hydrolysis) is 2. The Hall–Kier alpha value is -5.39. The number of fused-ring (bicyclic) bond motifs is 5. The number of hydrogen-bond donors (Lipinski definition) is 4. The predicted octanol–water partition coefficient (Wildman–Crippen LogP) is 5.89. The summed E-state index contributed by atoms with van der Waals surface area (Å²) in [4.78, 5) is 76.1. The Bertz CT molecular complexity index is 2360. The second-order valence-electron chi connectivity index (χ2n) is 20.1. The molecule has 8 rings (SSSR count). The SMILES string of the molecule is C=CC1C[C@]1(NC(=O)[C@@H]1C[C@@H]2CN1C(=O)[C@H](C1CCCC1)NC(=O)O[C@@H]1CCC[C@H]1CC/C=C/Cc1c(nc3ccccc3c1OCCCNC(=O)OC(C)(C)C)O2)C(=O)NS(=O)(=O)C1CC1. The van der Waals surface area contributed by atoms with Crippen molar-refractivity contribution in [2.24, 2.45) is 17.8 Å². The van der Waals surface area contributed by atoms with E-state index in [1.165, 1.54) is 11.0 Å². The molecule has 2 aliphatic heterocycles. The van der Waals surface area contributed by atoms with Gasteiger partial charge in [0, 0.05) is 24.3 Å². The third kappa shape index (κ3) is 11.3. The molecule has 1 aromatic heterocycles. The van der Waals surface area contributed by atoms with E-state index in [1.807, 2.05) is 30.3 Å². The van der Waals surface area contributed by atoms with Crippen LogP contribution in [0.4, 0.5) is 9.59 Å². The summed E-state index contributed by atoms with van der Waals surface area (Å²) in [6.07, 6.45) is 12.5. The highest BCUT2D eigenvalue weighted by Gasteiger charge is 2.62. The van der Waals surface area contributed by atoms with E-state index in [-0.39, 0.29) is 49.8 Å². The van der Waals surface area contributed by atoms with Gasteiger partial charge in [-0.2, -0.15) is 0 Å². The van der Waals surface area contributed by atoms with Crippen LogP contribution in [0.1, 0.15) is 116 Å². The maximum absolute atomic E-state index is 15.1. The van der Waals surface area contributed by atoms with Gasteiger partial charge in [-0.05, 0) is 122 Å². The number of para-hydroxylation sites is 1. The fourth-order valence-corrected chi connectivity index (χ4v) is 11.6. The van der Waals surface area contributed by atoms with E-state index in [0.717, 1.165) is 50.3 Å². The molecule has 1 unspecified atom stereocenters. The van der Waals surface area contributed by atoms with Crippen molar-refractivity contribution in [3.63, 3.8) is 0 Å². The average Bonchev–Trinajstić information content (AvgIpc) is 4.07. The molecule has 1 aromatic carbocycles. The van der Waals surface area contributed by atoms with Gasteiger partial charge in [0.2, 0.25) is 27.7 Å². The number of aromatic nitrogens is 1. The van der Waals surface area contributed by atoms with Gasteiger partial charge >= 0.3 is 12.2 Å². The van der Waals surface area contributed by atoms with Crippen molar-refractivity contribution in [1.82, 2.24) is 30.6 Å². The summed E-state index contributed by atoms with van der Waals surface area (Å²) in [5.74, 6) is -1.75. The van der Waals surface area contributed by atoms with Crippen molar-refractivity contribution in [2.75, 3.05) is 19.7 Å². The molecule has 2 aromatic rings. The Morgan fingerprint density at radius 2 is 1.76 bits per heavy atom. The van der Waals surface area contributed by atoms with Crippen LogP contribution in [-0.2, 0) is 40.3 Å². The molecule has 1 saturated heterocycles. The quantitative estimate of drug-likeness (QED) is 0.145. The van der Waals surface area contributed by atoms with Crippen LogP contribution < -0.4 is 30.1 Å². The molecule has 364 valence electrons. The maximum Gasteiger partial charge on any atom is 0.408 e. The molecule has 5 amide bonds. The minimum atomic E-state index is -3.94. The molecule has 6 aliphatic rings. The van der Waals surface area contributed by atoms with Crippen LogP contribution in [0.15, 0.2) is 49.1 Å². The lowest BCUT2D eigenvalue weighted by molar-refractivity contribution is -0.142. The van der Waals surface area contributed by atoms with E-state index < -0.39 is 80.4 Å². The van der Waals surface area contributed by atoms with Gasteiger partial charge in [-0.1, -0.05) is 43.2 Å². The summed E-state index contributed by atoms with van der Waals surface area (Å²) >= 11 is 0. The highest BCUT2D eigenvalue weighted by atomic mass is 32.2. The van der Waals surface area contributed by atoms with Gasteiger partial charge in [-0.3, -0.25) is 19.1 Å². The molecule has 7 atom stereocenters. The summed E-state index contributed by atoms with van der Waals surface area (Å²) in [6.45, 7) is 9.74. The van der Waals surface area contributed by atoms with Gasteiger partial charge in [0.15, 0.2) is 0 Å². The van der Waals surface area contributed by atoms with E-state index in [0.29, 0.717) is 61.9 Å². The second kappa shape index (κ2) is 20.1. The molecule has 18 heteroatoms. The summed E-state index contributed by atoms with van der Waals surface area (Å²) in [5.41, 5.74) is -0.952. The monoisotopic (exact) mass is 946 g/mol. The molecular formula is C49H66N6O11S. The number of carbonyl (C=O) groups is 5. The number of nitrogens with zero attached hydrogens (tertiary/aromatic N) is 2. The molecule has 3 heterocycles. The van der Waals surface area contributed by atoms with Crippen molar-refractivity contribution >= 4 is 50.8 Å². The molecular weight excluding hydrogens is 881 g/mol. The Balaban J connectivity index is 1.12. The molecule has 5 fully saturated rings.